The van der Waals surface area contributed by atoms with Crippen LogP contribution >= 0.6 is 11.6 Å². The van der Waals surface area contributed by atoms with Gasteiger partial charge in [-0.05, 0) is 44.1 Å². The molecule has 1 N–H and O–H groups in total. The second kappa shape index (κ2) is 6.60. The van der Waals surface area contributed by atoms with Crippen LogP contribution in [0.25, 0.3) is 0 Å². The molecule has 0 spiro atoms. The minimum Gasteiger partial charge on any atom is -0.496 e. The molecule has 0 aliphatic carbocycles. The Morgan fingerprint density at radius 2 is 2.26 bits per heavy atom. The third kappa shape index (κ3) is 3.85. The number of nitrogens with zero attached hydrogens (tertiary/aromatic N) is 1. The molecule has 19 heavy (non-hydrogen) atoms. The molecule has 1 heterocycles. The SMILES string of the molecule is COc1ccc(Cl)cc1CNC1CCN(C)CC1C. The molecule has 0 radical (unpaired) electrons. The lowest BCUT2D eigenvalue weighted by atomic mass is 9.94. The minimum absolute atomic E-state index is 0.569. The third-order valence-corrected chi connectivity index (χ3v) is 4.14. The molecule has 4 heteroatoms. The highest BCUT2D eigenvalue weighted by Gasteiger charge is 2.23. The first-order valence-corrected chi connectivity index (χ1v) is 7.22. The summed E-state index contributed by atoms with van der Waals surface area (Å²) in [7, 11) is 3.89. The molecule has 2 rings (SSSR count). The van der Waals surface area contributed by atoms with Crippen LogP contribution in [-0.2, 0) is 6.54 Å². The predicted octanol–water partition coefficient (Wildman–Crippen LogP) is 2.78. The molecule has 1 saturated heterocycles. The Kier molecular flexibility index (Phi) is 5.08. The Morgan fingerprint density at radius 1 is 1.47 bits per heavy atom. The summed E-state index contributed by atoms with van der Waals surface area (Å²) in [5.41, 5.74) is 1.13. The summed E-state index contributed by atoms with van der Waals surface area (Å²) >= 11 is 6.05. The molecule has 2 unspecified atom stereocenters. The lowest BCUT2D eigenvalue weighted by molar-refractivity contribution is 0.174. The van der Waals surface area contributed by atoms with Gasteiger partial charge in [0.25, 0.3) is 0 Å². The molecule has 3 nitrogen and oxygen atoms in total. The zero-order valence-electron chi connectivity index (χ0n) is 11.9. The quantitative estimate of drug-likeness (QED) is 0.919. The summed E-state index contributed by atoms with van der Waals surface area (Å²) in [6.45, 7) is 5.43. The van der Waals surface area contributed by atoms with Gasteiger partial charge in [0.1, 0.15) is 5.75 Å². The van der Waals surface area contributed by atoms with Crippen LogP contribution in [-0.4, -0.2) is 38.2 Å². The Labute approximate surface area is 120 Å². The number of methoxy groups -OCH3 is 1. The molecule has 0 saturated carbocycles. The molecule has 0 aromatic heterocycles. The van der Waals surface area contributed by atoms with E-state index in [-0.39, 0.29) is 0 Å². The highest BCUT2D eigenvalue weighted by molar-refractivity contribution is 6.30. The first-order chi connectivity index (χ1) is 9.10. The Bertz CT molecular complexity index is 425. The van der Waals surface area contributed by atoms with Gasteiger partial charge in [0, 0.05) is 29.7 Å². The molecule has 1 aliphatic heterocycles. The van der Waals surface area contributed by atoms with Gasteiger partial charge in [-0.1, -0.05) is 18.5 Å². The number of rotatable bonds is 4. The van der Waals surface area contributed by atoms with Crippen LogP contribution in [0.5, 0.6) is 5.75 Å². The maximum Gasteiger partial charge on any atom is 0.123 e. The number of likely N-dealkylation sites (tertiary alicyclic amines) is 1. The van der Waals surface area contributed by atoms with E-state index in [1.54, 1.807) is 7.11 Å². The fourth-order valence-corrected chi connectivity index (χ4v) is 2.98. The van der Waals surface area contributed by atoms with Crippen molar-refractivity contribution in [1.82, 2.24) is 10.2 Å². The van der Waals surface area contributed by atoms with Crippen LogP contribution in [0, 0.1) is 5.92 Å². The van der Waals surface area contributed by atoms with Crippen LogP contribution in [0.3, 0.4) is 0 Å². The lowest BCUT2D eigenvalue weighted by Gasteiger charge is -2.35. The molecule has 1 aliphatic rings. The van der Waals surface area contributed by atoms with E-state index in [1.807, 2.05) is 18.2 Å². The molecule has 0 amide bonds. The smallest absolute Gasteiger partial charge is 0.123 e. The molecule has 0 bridgehead atoms. The van der Waals surface area contributed by atoms with Gasteiger partial charge in [0.05, 0.1) is 7.11 Å². The van der Waals surface area contributed by atoms with Crippen LogP contribution in [0.1, 0.15) is 18.9 Å². The van der Waals surface area contributed by atoms with Crippen molar-refractivity contribution in [3.63, 3.8) is 0 Å². The summed E-state index contributed by atoms with van der Waals surface area (Å²) in [6.07, 6.45) is 1.19. The number of halogens is 1. The van der Waals surface area contributed by atoms with Gasteiger partial charge in [0.2, 0.25) is 0 Å². The maximum atomic E-state index is 6.05. The van der Waals surface area contributed by atoms with Crippen molar-refractivity contribution in [2.75, 3.05) is 27.2 Å². The van der Waals surface area contributed by atoms with Gasteiger partial charge in [-0.3, -0.25) is 0 Å². The van der Waals surface area contributed by atoms with E-state index in [0.29, 0.717) is 12.0 Å². The number of hydrogen-bond acceptors (Lipinski definition) is 3. The lowest BCUT2D eigenvalue weighted by Crippen LogP contribution is -2.46. The number of piperidine rings is 1. The normalized spacial score (nSPS) is 24.4. The molecule has 1 aromatic rings. The van der Waals surface area contributed by atoms with E-state index in [0.717, 1.165) is 36.0 Å². The number of benzene rings is 1. The number of hydrogen-bond donors (Lipinski definition) is 1. The maximum absolute atomic E-state index is 6.05. The van der Waals surface area contributed by atoms with E-state index in [9.17, 15) is 0 Å². The molecule has 106 valence electrons. The Morgan fingerprint density at radius 3 is 2.95 bits per heavy atom. The van der Waals surface area contributed by atoms with E-state index >= 15 is 0 Å². The van der Waals surface area contributed by atoms with Crippen molar-refractivity contribution in [2.24, 2.45) is 5.92 Å². The average Bonchev–Trinajstić information content (AvgIpc) is 2.38. The topological polar surface area (TPSA) is 24.5 Å². The second-order valence-corrected chi connectivity index (χ2v) is 5.91. The standard InChI is InChI=1S/C15H23ClN2O/c1-11-10-18(2)7-6-14(11)17-9-12-8-13(16)4-5-15(12)19-3/h4-5,8,11,14,17H,6-7,9-10H2,1-3H3. The van der Waals surface area contributed by atoms with Gasteiger partial charge in [-0.15, -0.1) is 0 Å². The zero-order valence-corrected chi connectivity index (χ0v) is 12.7. The molecule has 2 atom stereocenters. The highest BCUT2D eigenvalue weighted by atomic mass is 35.5. The monoisotopic (exact) mass is 282 g/mol. The van der Waals surface area contributed by atoms with Crippen LogP contribution < -0.4 is 10.1 Å². The van der Waals surface area contributed by atoms with E-state index in [4.69, 9.17) is 16.3 Å². The summed E-state index contributed by atoms with van der Waals surface area (Å²) in [4.78, 5) is 2.39. The van der Waals surface area contributed by atoms with Crippen LogP contribution in [0.4, 0.5) is 0 Å². The first-order valence-electron chi connectivity index (χ1n) is 6.84. The largest absolute Gasteiger partial charge is 0.496 e. The molecule has 1 fully saturated rings. The van der Waals surface area contributed by atoms with Crippen molar-refractivity contribution >= 4 is 11.6 Å². The van der Waals surface area contributed by atoms with Crippen molar-refractivity contribution in [1.29, 1.82) is 0 Å². The summed E-state index contributed by atoms with van der Waals surface area (Å²) in [5.74, 6) is 1.57. The predicted molar refractivity (Wildman–Crippen MR) is 79.9 cm³/mol. The molecular weight excluding hydrogens is 260 g/mol. The zero-order chi connectivity index (χ0) is 13.8. The molecule has 1 aromatic carbocycles. The average molecular weight is 283 g/mol. The van der Waals surface area contributed by atoms with Gasteiger partial charge in [-0.25, -0.2) is 0 Å². The van der Waals surface area contributed by atoms with E-state index < -0.39 is 0 Å². The van der Waals surface area contributed by atoms with Gasteiger partial charge in [0.15, 0.2) is 0 Å². The summed E-state index contributed by atoms with van der Waals surface area (Å²) in [6, 6.07) is 6.34. The second-order valence-electron chi connectivity index (χ2n) is 5.47. The first kappa shape index (κ1) is 14.6. The third-order valence-electron chi connectivity index (χ3n) is 3.91. The fourth-order valence-electron chi connectivity index (χ4n) is 2.78. The number of nitrogens with one attached hydrogen (secondary N) is 1. The Hall–Kier alpha value is -0.770. The summed E-state index contributed by atoms with van der Waals surface area (Å²) in [5, 5.41) is 4.40. The minimum atomic E-state index is 0.569. The highest BCUT2D eigenvalue weighted by Crippen LogP contribution is 2.23. The van der Waals surface area contributed by atoms with Crippen molar-refractivity contribution in [2.45, 2.75) is 25.9 Å². The van der Waals surface area contributed by atoms with E-state index in [1.165, 1.54) is 6.42 Å². The van der Waals surface area contributed by atoms with E-state index in [2.05, 4.69) is 24.2 Å². The van der Waals surface area contributed by atoms with Crippen molar-refractivity contribution in [3.05, 3.63) is 28.8 Å². The van der Waals surface area contributed by atoms with Crippen LogP contribution in [0.2, 0.25) is 5.02 Å². The van der Waals surface area contributed by atoms with Gasteiger partial charge >= 0.3 is 0 Å². The van der Waals surface area contributed by atoms with Gasteiger partial charge in [-0.2, -0.15) is 0 Å². The van der Waals surface area contributed by atoms with Crippen molar-refractivity contribution < 1.29 is 4.74 Å². The van der Waals surface area contributed by atoms with Crippen molar-refractivity contribution in [3.8, 4) is 5.75 Å². The fraction of sp³-hybridized carbons (Fsp3) is 0.600. The van der Waals surface area contributed by atoms with Gasteiger partial charge < -0.3 is 15.0 Å². The Balaban J connectivity index is 1.96. The summed E-state index contributed by atoms with van der Waals surface area (Å²) < 4.78 is 5.38. The van der Waals surface area contributed by atoms with Crippen LogP contribution in [0.15, 0.2) is 18.2 Å². The molecular formula is C15H23ClN2O. The number of ether oxygens (including phenoxy) is 1.